The van der Waals surface area contributed by atoms with E-state index in [1.54, 1.807) is 12.1 Å². The predicted octanol–water partition coefficient (Wildman–Crippen LogP) is 17.8. The minimum Gasteiger partial charge on any atom is -0.744 e. The Hall–Kier alpha value is -1.21. The van der Waals surface area contributed by atoms with Gasteiger partial charge >= 0.3 is 48.9 Å². The molecule has 0 radical (unpaired) electrons. The molecule has 6 nitrogen and oxygen atoms in total. The fourth-order valence-corrected chi connectivity index (χ4v) is 11.3. The largest absolute Gasteiger partial charge is 2.00 e. The number of aryl methyl sites for hydroxylation is 4. The molecule has 0 aliphatic rings. The number of fused-ring (bicyclic) bond motifs is 2. The molecule has 0 saturated carbocycles. The van der Waals surface area contributed by atoms with E-state index in [4.69, 9.17) is 0 Å². The van der Waals surface area contributed by atoms with Gasteiger partial charge < -0.3 is 9.11 Å². The van der Waals surface area contributed by atoms with Gasteiger partial charge in [0.05, 0.1) is 9.79 Å². The van der Waals surface area contributed by atoms with Gasteiger partial charge in [0.1, 0.15) is 20.2 Å². The van der Waals surface area contributed by atoms with Crippen LogP contribution in [0.1, 0.15) is 255 Å². The smallest absolute Gasteiger partial charge is 0.744 e. The Bertz CT molecular complexity index is 2020. The summed E-state index contributed by atoms with van der Waals surface area (Å²) >= 11 is 0. The van der Waals surface area contributed by atoms with Gasteiger partial charge in [-0.05, 0) is 107 Å². The summed E-state index contributed by atoms with van der Waals surface area (Å²) in [4.78, 5) is -0.114. The summed E-state index contributed by atoms with van der Waals surface area (Å²) in [6.45, 7) is 8.97. The molecule has 69 heavy (non-hydrogen) atoms. The molecule has 0 bridgehead atoms. The Morgan fingerprint density at radius 2 is 0.522 bits per heavy atom. The van der Waals surface area contributed by atoms with Gasteiger partial charge in [0.2, 0.25) is 0 Å². The number of unbranched alkanes of at least 4 members (excludes halogenated alkanes) is 28. The number of rotatable bonds is 38. The molecule has 9 heteroatoms. The second kappa shape index (κ2) is 38.4. The van der Waals surface area contributed by atoms with Crippen LogP contribution in [0.3, 0.4) is 0 Å². The third kappa shape index (κ3) is 27.6. The normalized spacial score (nSPS) is 11.8. The molecule has 0 amide bonds. The Labute approximate surface area is 463 Å². The molecule has 0 N–H and O–H groups in total. The predicted molar refractivity (Wildman–Crippen MR) is 295 cm³/mol. The van der Waals surface area contributed by atoms with Crippen LogP contribution in [0.5, 0.6) is 0 Å². The summed E-state index contributed by atoms with van der Waals surface area (Å²) in [5, 5.41) is 2.91. The number of hydrogen-bond acceptors (Lipinski definition) is 6. The Balaban J connectivity index is 0.000000467. The Morgan fingerprint density at radius 1 is 0.304 bits per heavy atom. The van der Waals surface area contributed by atoms with Crippen molar-refractivity contribution in [3.05, 3.63) is 82.9 Å². The molecule has 0 atom stereocenters. The van der Waals surface area contributed by atoms with Crippen LogP contribution in [-0.2, 0) is 45.9 Å². The molecule has 0 aromatic heterocycles. The minimum absolute atomic E-state index is 0. The van der Waals surface area contributed by atoms with Crippen LogP contribution in [0.25, 0.3) is 21.5 Å². The zero-order valence-corrected chi connectivity index (χ0v) is 50.3. The standard InChI is InChI=1S/2C30H48O3S.Ba/c2*1-3-5-7-9-11-13-15-17-19-26-21-22-29-28(23-26)24-27(25-30(29)34(31,32)33)20-18-16-14-12-10-8-6-4-2;/h2*21-25H,3-20H2,1-2H3,(H,31,32,33);/q;;+2/p-2. The second-order valence-electron chi connectivity index (χ2n) is 20.1. The second-order valence-corrected chi connectivity index (χ2v) is 22.8. The summed E-state index contributed by atoms with van der Waals surface area (Å²) in [6, 6.07) is 19.3. The van der Waals surface area contributed by atoms with E-state index >= 15 is 0 Å². The molecular formula is C60H94BaO6S2. The molecule has 0 aliphatic heterocycles. The quantitative estimate of drug-likeness (QED) is 0.0251. The van der Waals surface area contributed by atoms with Crippen molar-refractivity contribution >= 4 is 90.7 Å². The van der Waals surface area contributed by atoms with Crippen LogP contribution in [0.2, 0.25) is 0 Å². The molecule has 4 aromatic carbocycles. The van der Waals surface area contributed by atoms with Crippen molar-refractivity contribution in [1.29, 1.82) is 0 Å². The molecule has 0 heterocycles. The summed E-state index contributed by atoms with van der Waals surface area (Å²) in [7, 11) is -8.99. The molecule has 4 aromatic rings. The molecular weight excluding hydrogens is 1020 g/mol. The van der Waals surface area contributed by atoms with Gasteiger partial charge in [-0.2, -0.15) is 0 Å². The van der Waals surface area contributed by atoms with Crippen molar-refractivity contribution < 1.29 is 25.9 Å². The maximum absolute atomic E-state index is 12.0. The average molecular weight is 1110 g/mol. The molecule has 4 rings (SSSR count). The van der Waals surface area contributed by atoms with E-state index in [9.17, 15) is 25.9 Å². The van der Waals surface area contributed by atoms with Gasteiger partial charge in [-0.25, -0.2) is 16.8 Å². The molecule has 0 spiro atoms. The van der Waals surface area contributed by atoms with Gasteiger partial charge in [0.15, 0.2) is 0 Å². The van der Waals surface area contributed by atoms with Crippen LogP contribution in [0.4, 0.5) is 0 Å². The van der Waals surface area contributed by atoms with Crippen LogP contribution in [-0.4, -0.2) is 74.8 Å². The van der Waals surface area contributed by atoms with E-state index in [2.05, 4.69) is 52.0 Å². The fraction of sp³-hybridized carbons (Fsp3) is 0.667. The van der Waals surface area contributed by atoms with Gasteiger partial charge in [0, 0.05) is 0 Å². The van der Waals surface area contributed by atoms with Crippen molar-refractivity contribution in [1.82, 2.24) is 0 Å². The molecule has 0 aliphatic carbocycles. The van der Waals surface area contributed by atoms with Gasteiger partial charge in [-0.3, -0.25) is 0 Å². The van der Waals surface area contributed by atoms with Gasteiger partial charge in [0.25, 0.3) is 0 Å². The van der Waals surface area contributed by atoms with E-state index in [-0.39, 0.29) is 58.7 Å². The summed E-state index contributed by atoms with van der Waals surface area (Å²) < 4.78 is 71.8. The van der Waals surface area contributed by atoms with Crippen molar-refractivity contribution in [2.75, 3.05) is 0 Å². The monoisotopic (exact) mass is 1110 g/mol. The van der Waals surface area contributed by atoms with Gasteiger partial charge in [-0.1, -0.05) is 256 Å². The van der Waals surface area contributed by atoms with Crippen molar-refractivity contribution in [2.24, 2.45) is 0 Å². The van der Waals surface area contributed by atoms with Crippen molar-refractivity contribution in [3.8, 4) is 0 Å². The first kappa shape index (κ1) is 63.9. The van der Waals surface area contributed by atoms with Crippen LogP contribution in [0, 0.1) is 0 Å². The minimum atomic E-state index is -4.50. The number of benzene rings is 4. The van der Waals surface area contributed by atoms with E-state index in [1.807, 2.05) is 24.3 Å². The van der Waals surface area contributed by atoms with Crippen LogP contribution >= 0.6 is 0 Å². The Kier molecular flexibility index (Phi) is 35.5. The molecule has 0 saturated heterocycles. The zero-order chi connectivity index (χ0) is 49.3. The van der Waals surface area contributed by atoms with E-state index in [0.717, 1.165) is 86.1 Å². The molecule has 384 valence electrons. The first-order valence-corrected chi connectivity index (χ1v) is 30.8. The van der Waals surface area contributed by atoms with Crippen LogP contribution in [0.15, 0.2) is 70.5 Å². The SMILES string of the molecule is CCCCCCCCCCc1ccc2c(S(=O)(=O)[O-])cc(CCCCCCCCCC)cc2c1.CCCCCCCCCCc1ccc2c(S(=O)(=O)[O-])cc(CCCCCCCCCC)cc2c1.[Ba+2]. The first-order chi connectivity index (χ1) is 32.9. The van der Waals surface area contributed by atoms with Gasteiger partial charge in [-0.15, -0.1) is 0 Å². The topological polar surface area (TPSA) is 114 Å². The first-order valence-electron chi connectivity index (χ1n) is 27.9. The Morgan fingerprint density at radius 3 is 0.768 bits per heavy atom. The number of hydrogen-bond donors (Lipinski definition) is 0. The van der Waals surface area contributed by atoms with E-state index in [1.165, 1.54) is 178 Å². The zero-order valence-electron chi connectivity index (χ0n) is 44.2. The third-order valence-electron chi connectivity index (χ3n) is 13.9. The fourth-order valence-electron chi connectivity index (χ4n) is 9.75. The van der Waals surface area contributed by atoms with Crippen molar-refractivity contribution in [2.45, 2.75) is 269 Å². The van der Waals surface area contributed by atoms with Crippen molar-refractivity contribution in [3.63, 3.8) is 0 Å². The molecule has 0 unspecified atom stereocenters. The maximum Gasteiger partial charge on any atom is 2.00 e. The molecule has 0 fully saturated rings. The summed E-state index contributed by atoms with van der Waals surface area (Å²) in [5.74, 6) is 0. The third-order valence-corrected chi connectivity index (χ3v) is 15.6. The van der Waals surface area contributed by atoms with E-state index < -0.39 is 20.2 Å². The maximum atomic E-state index is 12.0. The van der Waals surface area contributed by atoms with Crippen LogP contribution < -0.4 is 0 Å². The average Bonchev–Trinajstić information content (AvgIpc) is 3.31. The van der Waals surface area contributed by atoms with E-state index in [0.29, 0.717) is 10.8 Å². The summed E-state index contributed by atoms with van der Waals surface area (Å²) in [6.07, 6.45) is 44.2. The summed E-state index contributed by atoms with van der Waals surface area (Å²) in [5.41, 5.74) is 4.41.